The number of hydrogen-bond acceptors (Lipinski definition) is 6. The molecular formula is C6H8N4O2S2. The van der Waals surface area contributed by atoms with E-state index in [9.17, 15) is 9.59 Å². The Labute approximate surface area is 88.3 Å². The van der Waals surface area contributed by atoms with Gasteiger partial charge in [-0.1, -0.05) is 23.1 Å². The van der Waals surface area contributed by atoms with Crippen LogP contribution >= 0.6 is 23.1 Å². The predicted molar refractivity (Wildman–Crippen MR) is 53.1 cm³/mol. The standard InChI is InChI=1S/C6H8N4O2S2/c1-3-9-10-6(14-3)13-2-4(11)8-5(7)12/h2H2,1H3,(H3,7,8,11,12). The van der Waals surface area contributed by atoms with Gasteiger partial charge in [-0.2, -0.15) is 0 Å². The lowest BCUT2D eigenvalue weighted by Gasteiger charge is -1.97. The van der Waals surface area contributed by atoms with Gasteiger partial charge in [-0.3, -0.25) is 10.1 Å². The molecule has 1 aromatic rings. The van der Waals surface area contributed by atoms with Crippen molar-refractivity contribution in [2.75, 3.05) is 5.75 Å². The summed E-state index contributed by atoms with van der Waals surface area (Å²) in [6, 6.07) is -0.843. The molecule has 14 heavy (non-hydrogen) atoms. The summed E-state index contributed by atoms with van der Waals surface area (Å²) in [5.41, 5.74) is 4.76. The number of imide groups is 1. The Bertz CT molecular complexity index is 351. The summed E-state index contributed by atoms with van der Waals surface area (Å²) < 4.78 is 0.696. The fourth-order valence-electron chi connectivity index (χ4n) is 0.638. The van der Waals surface area contributed by atoms with Crippen LogP contribution in [-0.2, 0) is 4.79 Å². The predicted octanol–water partition coefficient (Wildman–Crippen LogP) is 0.134. The van der Waals surface area contributed by atoms with Crippen LogP contribution in [0.2, 0.25) is 0 Å². The molecule has 0 atom stereocenters. The van der Waals surface area contributed by atoms with Gasteiger partial charge in [-0.15, -0.1) is 10.2 Å². The van der Waals surface area contributed by atoms with Crippen molar-refractivity contribution in [1.29, 1.82) is 0 Å². The molecule has 0 saturated heterocycles. The molecule has 0 bridgehead atoms. The first-order chi connectivity index (χ1) is 6.58. The maximum absolute atomic E-state index is 11.0. The largest absolute Gasteiger partial charge is 0.351 e. The van der Waals surface area contributed by atoms with Gasteiger partial charge in [0.2, 0.25) is 5.91 Å². The van der Waals surface area contributed by atoms with E-state index < -0.39 is 11.9 Å². The van der Waals surface area contributed by atoms with Gasteiger partial charge in [0.1, 0.15) is 5.01 Å². The molecule has 76 valence electrons. The van der Waals surface area contributed by atoms with E-state index in [1.54, 1.807) is 0 Å². The van der Waals surface area contributed by atoms with Gasteiger partial charge in [0.05, 0.1) is 5.75 Å². The second-order valence-corrected chi connectivity index (χ2v) is 4.69. The number of nitrogens with one attached hydrogen (secondary N) is 1. The zero-order valence-corrected chi connectivity index (χ0v) is 8.94. The molecule has 3 N–H and O–H groups in total. The first-order valence-electron chi connectivity index (χ1n) is 3.60. The molecule has 0 aliphatic rings. The molecule has 1 heterocycles. The Hall–Kier alpha value is -1.15. The van der Waals surface area contributed by atoms with E-state index in [1.807, 2.05) is 12.2 Å². The number of carbonyl (C=O) groups is 2. The molecule has 0 aliphatic carbocycles. The van der Waals surface area contributed by atoms with Crippen molar-refractivity contribution in [3.63, 3.8) is 0 Å². The molecule has 0 radical (unpaired) electrons. The first kappa shape index (κ1) is 10.9. The average molecular weight is 232 g/mol. The van der Waals surface area contributed by atoms with E-state index in [1.165, 1.54) is 23.1 Å². The smallest absolute Gasteiger partial charge is 0.318 e. The maximum Gasteiger partial charge on any atom is 0.318 e. The van der Waals surface area contributed by atoms with Crippen LogP contribution in [0.15, 0.2) is 4.34 Å². The van der Waals surface area contributed by atoms with Crippen molar-refractivity contribution in [2.24, 2.45) is 5.73 Å². The minimum absolute atomic E-state index is 0.109. The van der Waals surface area contributed by atoms with Crippen LogP contribution in [-0.4, -0.2) is 27.9 Å². The summed E-state index contributed by atoms with van der Waals surface area (Å²) in [5, 5.41) is 10.4. The Morgan fingerprint density at radius 1 is 1.57 bits per heavy atom. The van der Waals surface area contributed by atoms with Crippen molar-refractivity contribution in [2.45, 2.75) is 11.3 Å². The summed E-state index contributed by atoms with van der Waals surface area (Å²) in [7, 11) is 0. The Kier molecular flexibility index (Phi) is 3.84. The number of nitrogens with zero attached hydrogens (tertiary/aromatic N) is 2. The molecule has 0 spiro atoms. The zero-order chi connectivity index (χ0) is 10.6. The monoisotopic (exact) mass is 232 g/mol. The summed E-state index contributed by atoms with van der Waals surface area (Å²) >= 11 is 2.61. The minimum Gasteiger partial charge on any atom is -0.351 e. The highest BCUT2D eigenvalue weighted by Crippen LogP contribution is 2.21. The lowest BCUT2D eigenvalue weighted by Crippen LogP contribution is -2.36. The van der Waals surface area contributed by atoms with Gasteiger partial charge in [-0.05, 0) is 6.92 Å². The van der Waals surface area contributed by atoms with Gasteiger partial charge in [0.15, 0.2) is 4.34 Å². The van der Waals surface area contributed by atoms with Crippen molar-refractivity contribution in [1.82, 2.24) is 15.5 Å². The molecule has 8 heteroatoms. The Morgan fingerprint density at radius 3 is 2.79 bits per heavy atom. The van der Waals surface area contributed by atoms with Crippen molar-refractivity contribution < 1.29 is 9.59 Å². The van der Waals surface area contributed by atoms with Gasteiger partial charge in [0.25, 0.3) is 0 Å². The highest BCUT2D eigenvalue weighted by Gasteiger charge is 2.07. The van der Waals surface area contributed by atoms with Crippen LogP contribution in [0.1, 0.15) is 5.01 Å². The highest BCUT2D eigenvalue weighted by molar-refractivity contribution is 8.01. The molecule has 0 fully saturated rings. The molecule has 1 aromatic heterocycles. The molecule has 0 saturated carbocycles. The van der Waals surface area contributed by atoms with Crippen LogP contribution in [0.25, 0.3) is 0 Å². The Balaban J connectivity index is 2.34. The summed E-state index contributed by atoms with van der Waals surface area (Å²) in [6.45, 7) is 1.82. The third-order valence-corrected chi connectivity index (χ3v) is 3.07. The molecule has 0 unspecified atom stereocenters. The van der Waals surface area contributed by atoms with E-state index in [0.29, 0.717) is 4.34 Å². The number of carbonyl (C=O) groups excluding carboxylic acids is 2. The Morgan fingerprint density at radius 2 is 2.29 bits per heavy atom. The number of aromatic nitrogens is 2. The second-order valence-electron chi connectivity index (χ2n) is 2.29. The lowest BCUT2D eigenvalue weighted by molar-refractivity contribution is -0.117. The van der Waals surface area contributed by atoms with E-state index in [0.717, 1.165) is 5.01 Å². The lowest BCUT2D eigenvalue weighted by atomic mass is 10.7. The van der Waals surface area contributed by atoms with Gasteiger partial charge in [-0.25, -0.2) is 4.79 Å². The van der Waals surface area contributed by atoms with Crippen LogP contribution in [0.5, 0.6) is 0 Å². The quantitative estimate of drug-likeness (QED) is 0.722. The van der Waals surface area contributed by atoms with E-state index in [2.05, 4.69) is 10.2 Å². The van der Waals surface area contributed by atoms with E-state index >= 15 is 0 Å². The minimum atomic E-state index is -0.843. The van der Waals surface area contributed by atoms with Crippen LogP contribution in [0.3, 0.4) is 0 Å². The molecule has 3 amide bonds. The number of rotatable bonds is 3. The fourth-order valence-corrected chi connectivity index (χ4v) is 2.25. The van der Waals surface area contributed by atoms with Crippen LogP contribution < -0.4 is 11.1 Å². The summed E-state index contributed by atoms with van der Waals surface area (Å²) in [4.78, 5) is 21.2. The fraction of sp³-hybridized carbons (Fsp3) is 0.333. The number of hydrogen-bond donors (Lipinski definition) is 2. The normalized spacial score (nSPS) is 9.79. The maximum atomic E-state index is 11.0. The number of urea groups is 1. The van der Waals surface area contributed by atoms with Crippen LogP contribution in [0, 0.1) is 6.92 Å². The van der Waals surface area contributed by atoms with E-state index in [4.69, 9.17) is 5.73 Å². The number of aryl methyl sites for hydroxylation is 1. The number of primary amides is 1. The van der Waals surface area contributed by atoms with Crippen LogP contribution in [0.4, 0.5) is 4.79 Å². The molecule has 0 aliphatic heterocycles. The molecule has 0 aromatic carbocycles. The number of amides is 3. The third-order valence-electron chi connectivity index (χ3n) is 1.10. The van der Waals surface area contributed by atoms with Crippen molar-refractivity contribution in [3.8, 4) is 0 Å². The molecular weight excluding hydrogens is 224 g/mol. The third kappa shape index (κ3) is 3.71. The summed E-state index contributed by atoms with van der Waals surface area (Å²) in [6.07, 6.45) is 0. The van der Waals surface area contributed by atoms with Crippen molar-refractivity contribution in [3.05, 3.63) is 5.01 Å². The molecule has 1 rings (SSSR count). The van der Waals surface area contributed by atoms with Gasteiger partial charge in [0, 0.05) is 0 Å². The summed E-state index contributed by atoms with van der Waals surface area (Å²) in [5.74, 6) is -0.326. The topological polar surface area (TPSA) is 98.0 Å². The van der Waals surface area contributed by atoms with Crippen molar-refractivity contribution >= 4 is 35.0 Å². The SMILES string of the molecule is Cc1nnc(SCC(=O)NC(N)=O)s1. The average Bonchev–Trinajstić information content (AvgIpc) is 2.47. The number of nitrogens with two attached hydrogens (primary N) is 1. The van der Waals surface area contributed by atoms with Gasteiger partial charge >= 0.3 is 6.03 Å². The van der Waals surface area contributed by atoms with E-state index in [-0.39, 0.29) is 5.75 Å². The molecule has 6 nitrogen and oxygen atoms in total. The second kappa shape index (κ2) is 4.91. The van der Waals surface area contributed by atoms with Gasteiger partial charge < -0.3 is 5.73 Å². The zero-order valence-electron chi connectivity index (χ0n) is 7.31. The highest BCUT2D eigenvalue weighted by atomic mass is 32.2. The number of thioether (sulfide) groups is 1. The first-order valence-corrected chi connectivity index (χ1v) is 5.40.